The summed E-state index contributed by atoms with van der Waals surface area (Å²) in [5.74, 6) is 4.26. The Kier molecular flexibility index (Phi) is 7.24. The number of hydrogen-bond donors (Lipinski definition) is 1. The van der Waals surface area contributed by atoms with Crippen LogP contribution >= 0.6 is 11.3 Å². The van der Waals surface area contributed by atoms with Gasteiger partial charge in [-0.1, -0.05) is 24.6 Å². The van der Waals surface area contributed by atoms with Crippen molar-refractivity contribution in [1.82, 2.24) is 14.9 Å². The van der Waals surface area contributed by atoms with Gasteiger partial charge in [-0.3, -0.25) is 4.90 Å². The molecular weight excluding hydrogens is 496 g/mol. The number of thiophene rings is 1. The number of ether oxygens (including phenoxy) is 2. The Morgan fingerprint density at radius 1 is 0.947 bits per heavy atom. The number of anilines is 2. The first-order valence-electron chi connectivity index (χ1n) is 12.9. The van der Waals surface area contributed by atoms with Crippen LogP contribution in [0.1, 0.15) is 30.6 Å². The maximum Gasteiger partial charge on any atom is 0.151 e. The van der Waals surface area contributed by atoms with E-state index in [-0.39, 0.29) is 0 Å². The topological polar surface area (TPSA) is 72.7 Å². The van der Waals surface area contributed by atoms with Crippen LogP contribution in [0.3, 0.4) is 0 Å². The Hall–Kier alpha value is -3.88. The summed E-state index contributed by atoms with van der Waals surface area (Å²) in [6, 6.07) is 22.0. The van der Waals surface area contributed by atoms with Crippen LogP contribution in [-0.2, 0) is 13.2 Å². The van der Waals surface area contributed by atoms with Crippen LogP contribution in [0.2, 0.25) is 0 Å². The van der Waals surface area contributed by atoms with Crippen LogP contribution in [0.4, 0.5) is 11.5 Å². The minimum atomic E-state index is 0.475. The van der Waals surface area contributed by atoms with Gasteiger partial charge in [-0.25, -0.2) is 9.97 Å². The molecule has 5 aromatic rings. The van der Waals surface area contributed by atoms with Crippen LogP contribution in [0.15, 0.2) is 77.5 Å². The lowest BCUT2D eigenvalue weighted by Gasteiger charge is -2.25. The van der Waals surface area contributed by atoms with Crippen molar-refractivity contribution in [2.75, 3.05) is 25.5 Å². The van der Waals surface area contributed by atoms with Gasteiger partial charge in [0.15, 0.2) is 5.82 Å². The molecule has 0 unspecified atom stereocenters. The van der Waals surface area contributed by atoms with E-state index in [0.29, 0.717) is 6.61 Å². The molecule has 0 bridgehead atoms. The van der Waals surface area contributed by atoms with Gasteiger partial charge >= 0.3 is 0 Å². The highest BCUT2D eigenvalue weighted by Gasteiger charge is 2.16. The van der Waals surface area contributed by atoms with Gasteiger partial charge in [0, 0.05) is 11.8 Å². The SMILES string of the molecule is COc1ccc(COc2cccc(Nc3ncnc4cc(-c5ccc(CN6CCCCC6)o5)sc34)c2)cc1. The molecule has 8 heteroatoms. The average molecular weight is 527 g/mol. The maximum absolute atomic E-state index is 6.23. The molecule has 4 heterocycles. The Bertz CT molecular complexity index is 1510. The Balaban J connectivity index is 1.16. The molecule has 1 saturated heterocycles. The van der Waals surface area contributed by atoms with Crippen molar-refractivity contribution in [3.05, 3.63) is 84.4 Å². The number of piperidine rings is 1. The van der Waals surface area contributed by atoms with E-state index in [4.69, 9.17) is 13.9 Å². The molecule has 3 aromatic heterocycles. The zero-order valence-corrected chi connectivity index (χ0v) is 22.2. The summed E-state index contributed by atoms with van der Waals surface area (Å²) in [6.45, 7) is 3.64. The summed E-state index contributed by atoms with van der Waals surface area (Å²) < 4.78 is 18.5. The number of nitrogens with one attached hydrogen (secondary N) is 1. The Labute approximate surface area is 226 Å². The van der Waals surface area contributed by atoms with Crippen LogP contribution in [-0.4, -0.2) is 35.1 Å². The maximum atomic E-state index is 6.23. The number of nitrogens with zero attached hydrogens (tertiary/aromatic N) is 3. The van der Waals surface area contributed by atoms with E-state index in [9.17, 15) is 0 Å². The fourth-order valence-electron chi connectivity index (χ4n) is 4.69. The van der Waals surface area contributed by atoms with Crippen molar-refractivity contribution >= 4 is 33.1 Å². The Morgan fingerprint density at radius 3 is 2.66 bits per heavy atom. The van der Waals surface area contributed by atoms with Gasteiger partial charge in [-0.15, -0.1) is 11.3 Å². The first-order valence-corrected chi connectivity index (χ1v) is 13.7. The molecule has 0 atom stereocenters. The summed E-state index contributed by atoms with van der Waals surface area (Å²) in [6.07, 6.45) is 5.47. The molecule has 0 spiro atoms. The number of aromatic nitrogens is 2. The largest absolute Gasteiger partial charge is 0.497 e. The minimum absolute atomic E-state index is 0.475. The lowest BCUT2D eigenvalue weighted by atomic mass is 10.1. The van der Waals surface area contributed by atoms with Crippen molar-refractivity contribution < 1.29 is 13.9 Å². The smallest absolute Gasteiger partial charge is 0.151 e. The van der Waals surface area contributed by atoms with Gasteiger partial charge < -0.3 is 19.2 Å². The molecule has 1 aliphatic rings. The van der Waals surface area contributed by atoms with Crippen LogP contribution in [0, 0.1) is 0 Å². The van der Waals surface area contributed by atoms with Crippen molar-refractivity contribution in [3.8, 4) is 22.1 Å². The van der Waals surface area contributed by atoms with Crippen molar-refractivity contribution in [2.24, 2.45) is 0 Å². The van der Waals surface area contributed by atoms with E-state index < -0.39 is 0 Å². The second kappa shape index (κ2) is 11.2. The first-order chi connectivity index (χ1) is 18.7. The third kappa shape index (κ3) is 5.66. The summed E-state index contributed by atoms with van der Waals surface area (Å²) in [4.78, 5) is 12.5. The van der Waals surface area contributed by atoms with Gasteiger partial charge in [0.25, 0.3) is 0 Å². The molecule has 1 N–H and O–H groups in total. The van der Waals surface area contributed by atoms with Gasteiger partial charge in [-0.2, -0.15) is 0 Å². The highest BCUT2D eigenvalue weighted by Crippen LogP contribution is 2.37. The van der Waals surface area contributed by atoms with Crippen molar-refractivity contribution in [2.45, 2.75) is 32.4 Å². The normalized spacial score (nSPS) is 14.0. The number of rotatable bonds is 9. The van der Waals surface area contributed by atoms with Crippen molar-refractivity contribution in [3.63, 3.8) is 0 Å². The zero-order valence-electron chi connectivity index (χ0n) is 21.4. The number of methoxy groups -OCH3 is 1. The molecule has 0 aliphatic carbocycles. The molecule has 2 aromatic carbocycles. The van der Waals surface area contributed by atoms with E-state index in [0.717, 1.165) is 74.8 Å². The third-order valence-electron chi connectivity index (χ3n) is 6.71. The number of benzene rings is 2. The van der Waals surface area contributed by atoms with E-state index in [1.807, 2.05) is 48.5 Å². The third-order valence-corrected chi connectivity index (χ3v) is 7.85. The second-order valence-electron chi connectivity index (χ2n) is 9.44. The predicted molar refractivity (Wildman–Crippen MR) is 151 cm³/mol. The standard InChI is InChI=1S/C30H30N4O3S/c1-35-23-10-8-21(9-11-23)19-36-24-7-5-6-22(16-24)33-30-29-26(31-20-32-30)17-28(38-29)27-13-12-25(37-27)18-34-14-3-2-4-15-34/h5-13,16-17,20H,2-4,14-15,18-19H2,1H3,(H,31,32,33). The molecular formula is C30H30N4O3S. The number of fused-ring (bicyclic) bond motifs is 1. The molecule has 1 aliphatic heterocycles. The summed E-state index contributed by atoms with van der Waals surface area (Å²) >= 11 is 1.63. The molecule has 38 heavy (non-hydrogen) atoms. The second-order valence-corrected chi connectivity index (χ2v) is 10.5. The number of furan rings is 1. The van der Waals surface area contributed by atoms with Crippen LogP contribution in [0.25, 0.3) is 20.9 Å². The summed E-state index contributed by atoms with van der Waals surface area (Å²) in [5, 5.41) is 3.45. The van der Waals surface area contributed by atoms with Gasteiger partial charge in [0.05, 0.1) is 28.7 Å². The quantitative estimate of drug-likeness (QED) is 0.217. The molecule has 0 saturated carbocycles. The number of hydrogen-bond acceptors (Lipinski definition) is 8. The monoisotopic (exact) mass is 526 g/mol. The lowest BCUT2D eigenvalue weighted by Crippen LogP contribution is -2.28. The predicted octanol–water partition coefficient (Wildman–Crippen LogP) is 7.27. The molecule has 7 nitrogen and oxygen atoms in total. The fourth-order valence-corrected chi connectivity index (χ4v) is 5.70. The van der Waals surface area contributed by atoms with E-state index in [1.54, 1.807) is 24.8 Å². The van der Waals surface area contributed by atoms with Crippen molar-refractivity contribution in [1.29, 1.82) is 0 Å². The van der Waals surface area contributed by atoms with Crippen LogP contribution < -0.4 is 14.8 Å². The zero-order chi connectivity index (χ0) is 25.7. The summed E-state index contributed by atoms with van der Waals surface area (Å²) in [7, 11) is 1.66. The molecule has 6 rings (SSSR count). The molecule has 0 radical (unpaired) electrons. The highest BCUT2D eigenvalue weighted by molar-refractivity contribution is 7.22. The van der Waals surface area contributed by atoms with Gasteiger partial charge in [0.2, 0.25) is 0 Å². The van der Waals surface area contributed by atoms with E-state index in [1.165, 1.54) is 19.3 Å². The van der Waals surface area contributed by atoms with E-state index in [2.05, 4.69) is 38.4 Å². The molecule has 1 fully saturated rings. The summed E-state index contributed by atoms with van der Waals surface area (Å²) in [5.41, 5.74) is 2.86. The number of likely N-dealkylation sites (tertiary alicyclic amines) is 1. The van der Waals surface area contributed by atoms with E-state index >= 15 is 0 Å². The molecule has 194 valence electrons. The average Bonchev–Trinajstić information content (AvgIpc) is 3.61. The Morgan fingerprint density at radius 2 is 1.82 bits per heavy atom. The van der Waals surface area contributed by atoms with Gasteiger partial charge in [0.1, 0.15) is 36.0 Å². The van der Waals surface area contributed by atoms with Gasteiger partial charge in [-0.05, 0) is 74.0 Å². The highest BCUT2D eigenvalue weighted by atomic mass is 32.1. The minimum Gasteiger partial charge on any atom is -0.497 e. The first kappa shape index (κ1) is 24.5. The fraction of sp³-hybridized carbons (Fsp3) is 0.267. The lowest BCUT2D eigenvalue weighted by molar-refractivity contribution is 0.206. The van der Waals surface area contributed by atoms with Crippen LogP contribution in [0.5, 0.6) is 11.5 Å². The molecule has 0 amide bonds.